The molecule has 1 aromatic rings. The van der Waals surface area contributed by atoms with E-state index in [0.29, 0.717) is 0 Å². The Balaban J connectivity index is 0.00000196. The van der Waals surface area contributed by atoms with Crippen LogP contribution < -0.4 is 17.0 Å². The maximum absolute atomic E-state index is 6.22. The highest BCUT2D eigenvalue weighted by atomic mass is 35.5. The minimum atomic E-state index is 0. The predicted octanol–water partition coefficient (Wildman–Crippen LogP) is 0.0332. The highest BCUT2D eigenvalue weighted by molar-refractivity contribution is 6.27. The summed E-state index contributed by atoms with van der Waals surface area (Å²) in [5.74, 6) is 0. The second kappa shape index (κ2) is 8.00. The molecule has 2 nitrogen and oxygen atoms in total. The lowest BCUT2D eigenvalue weighted by Gasteiger charge is -1.97. The zero-order valence-electron chi connectivity index (χ0n) is 9.55. The van der Waals surface area contributed by atoms with Gasteiger partial charge < -0.3 is 12.4 Å². The summed E-state index contributed by atoms with van der Waals surface area (Å²) in [6.07, 6.45) is 8.97. The Morgan fingerprint density at radius 1 is 1.27 bits per heavy atom. The molecule has 0 saturated heterocycles. The van der Waals surface area contributed by atoms with Gasteiger partial charge in [0.05, 0.1) is 13.1 Å². The van der Waals surface area contributed by atoms with E-state index in [1.165, 1.54) is 25.7 Å². The van der Waals surface area contributed by atoms with Gasteiger partial charge in [-0.3, -0.25) is 0 Å². The molecule has 4 heteroatoms. The predicted molar refractivity (Wildman–Crippen MR) is 59.5 cm³/mol. The van der Waals surface area contributed by atoms with E-state index in [1.807, 2.05) is 0 Å². The average Bonchev–Trinajstić information content (AvgIpc) is 2.54. The Labute approximate surface area is 104 Å². The summed E-state index contributed by atoms with van der Waals surface area (Å²) < 4.78 is 4.25. The highest BCUT2D eigenvalue weighted by Crippen LogP contribution is 2.05. The van der Waals surface area contributed by atoms with E-state index < -0.39 is 0 Å². The molecule has 0 aliphatic rings. The van der Waals surface area contributed by atoms with E-state index in [-0.39, 0.29) is 12.4 Å². The van der Waals surface area contributed by atoms with Crippen molar-refractivity contribution in [3.8, 4) is 0 Å². The molecule has 15 heavy (non-hydrogen) atoms. The molecule has 1 heterocycles. The largest absolute Gasteiger partial charge is 1.00 e. The van der Waals surface area contributed by atoms with Crippen LogP contribution in [0, 0.1) is 0 Å². The van der Waals surface area contributed by atoms with Crippen LogP contribution >= 0.6 is 11.6 Å². The van der Waals surface area contributed by atoms with Crippen LogP contribution in [0.4, 0.5) is 0 Å². The zero-order valence-corrected chi connectivity index (χ0v) is 11.1. The lowest BCUT2D eigenvalue weighted by molar-refractivity contribution is -0.694. The van der Waals surface area contributed by atoms with Crippen molar-refractivity contribution >= 4 is 11.6 Å². The molecule has 0 aliphatic carbocycles. The van der Waals surface area contributed by atoms with Gasteiger partial charge in [0.1, 0.15) is 12.4 Å². The molecule has 0 atom stereocenters. The first-order chi connectivity index (χ1) is 6.79. The monoisotopic (exact) mass is 250 g/mol. The van der Waals surface area contributed by atoms with Crippen molar-refractivity contribution in [2.24, 2.45) is 0 Å². The van der Waals surface area contributed by atoms with Gasteiger partial charge in [-0.05, 0) is 12.8 Å². The number of aryl methyl sites for hydroxylation is 2. The Morgan fingerprint density at radius 3 is 2.53 bits per heavy atom. The minimum Gasteiger partial charge on any atom is -1.00 e. The molecule has 0 fully saturated rings. The van der Waals surface area contributed by atoms with Gasteiger partial charge in [-0.1, -0.05) is 26.7 Å². The summed E-state index contributed by atoms with van der Waals surface area (Å²) in [6.45, 7) is 6.47. The topological polar surface area (TPSA) is 8.81 Å². The molecule has 1 rings (SSSR count). The zero-order chi connectivity index (χ0) is 10.4. The fourth-order valence-corrected chi connectivity index (χ4v) is 1.72. The molecule has 0 N–H and O–H groups in total. The maximum atomic E-state index is 6.22. The third-order valence-electron chi connectivity index (χ3n) is 2.41. The van der Waals surface area contributed by atoms with Gasteiger partial charge in [-0.2, -0.15) is 0 Å². The van der Waals surface area contributed by atoms with E-state index in [0.717, 1.165) is 18.4 Å². The molecule has 0 unspecified atom stereocenters. The molecule has 0 aliphatic heterocycles. The second-order valence-electron chi connectivity index (χ2n) is 3.66. The number of imidazole rings is 1. The standard InChI is InChI=1S/C11H20ClN2.ClH/c1-3-5-7-13-9-10-14(11(13)12)8-6-4-2;/h9-10H,3-8H2,1-2H3;1H/q+1;/p-1. The van der Waals surface area contributed by atoms with Crippen LogP contribution in [0.2, 0.25) is 5.28 Å². The van der Waals surface area contributed by atoms with Gasteiger partial charge in [0, 0.05) is 11.6 Å². The van der Waals surface area contributed by atoms with Crippen molar-refractivity contribution in [3.05, 3.63) is 17.7 Å². The lowest BCUT2D eigenvalue weighted by Crippen LogP contribution is -3.00. The summed E-state index contributed by atoms with van der Waals surface area (Å²) in [4.78, 5) is 0. The summed E-state index contributed by atoms with van der Waals surface area (Å²) in [5, 5.41) is 0.868. The fraction of sp³-hybridized carbons (Fsp3) is 0.727. The Hall–Kier alpha value is -0.210. The van der Waals surface area contributed by atoms with Crippen LogP contribution in [0.25, 0.3) is 0 Å². The van der Waals surface area contributed by atoms with Crippen molar-refractivity contribution < 1.29 is 17.0 Å². The SMILES string of the molecule is CCCCn1cc[n+](CCCC)c1Cl.[Cl-]. The summed E-state index contributed by atoms with van der Waals surface area (Å²) >= 11 is 6.22. The van der Waals surface area contributed by atoms with Gasteiger partial charge >= 0.3 is 5.28 Å². The first-order valence-corrected chi connectivity index (χ1v) is 5.91. The van der Waals surface area contributed by atoms with Crippen molar-refractivity contribution in [1.29, 1.82) is 0 Å². The van der Waals surface area contributed by atoms with E-state index in [1.54, 1.807) is 0 Å². The summed E-state index contributed by atoms with van der Waals surface area (Å²) in [5.41, 5.74) is 0. The van der Waals surface area contributed by atoms with Crippen molar-refractivity contribution in [3.63, 3.8) is 0 Å². The number of hydrogen-bond acceptors (Lipinski definition) is 0. The third-order valence-corrected chi connectivity index (χ3v) is 2.84. The van der Waals surface area contributed by atoms with Crippen LogP contribution in [0.5, 0.6) is 0 Å². The van der Waals surface area contributed by atoms with E-state index in [2.05, 4.69) is 35.4 Å². The molecule has 88 valence electrons. The third kappa shape index (κ3) is 4.43. The van der Waals surface area contributed by atoms with Crippen molar-refractivity contribution in [2.45, 2.75) is 52.6 Å². The molecule has 0 bridgehead atoms. The normalized spacial score (nSPS) is 10.1. The molecule has 1 aromatic heterocycles. The quantitative estimate of drug-likeness (QED) is 0.631. The van der Waals surface area contributed by atoms with Crippen LogP contribution in [-0.2, 0) is 13.1 Å². The van der Waals surface area contributed by atoms with Crippen LogP contribution in [-0.4, -0.2) is 4.57 Å². The van der Waals surface area contributed by atoms with Gasteiger partial charge in [0.2, 0.25) is 0 Å². The number of aromatic nitrogens is 2. The minimum absolute atomic E-state index is 0. The second-order valence-corrected chi connectivity index (χ2v) is 4.00. The van der Waals surface area contributed by atoms with Gasteiger partial charge in [-0.15, -0.1) is 0 Å². The van der Waals surface area contributed by atoms with Crippen LogP contribution in [0.3, 0.4) is 0 Å². The highest BCUT2D eigenvalue weighted by Gasteiger charge is 2.12. The molecule has 0 saturated carbocycles. The Kier molecular flexibility index (Phi) is 7.89. The average molecular weight is 251 g/mol. The number of nitrogens with zero attached hydrogens (tertiary/aromatic N) is 2. The molecular weight excluding hydrogens is 231 g/mol. The number of unbranched alkanes of at least 4 members (excludes halogenated alkanes) is 2. The molecule has 0 radical (unpaired) electrons. The molecular formula is C11H20Cl2N2. The maximum Gasteiger partial charge on any atom is 0.354 e. The number of hydrogen-bond donors (Lipinski definition) is 0. The Bertz CT molecular complexity index is 246. The number of halogens is 2. The van der Waals surface area contributed by atoms with E-state index >= 15 is 0 Å². The molecule has 0 aromatic carbocycles. The smallest absolute Gasteiger partial charge is 0.354 e. The summed E-state index contributed by atoms with van der Waals surface area (Å²) in [7, 11) is 0. The molecule has 0 amide bonds. The van der Waals surface area contributed by atoms with E-state index in [9.17, 15) is 0 Å². The van der Waals surface area contributed by atoms with Crippen LogP contribution in [0.15, 0.2) is 12.4 Å². The first kappa shape index (κ1) is 14.8. The van der Waals surface area contributed by atoms with Crippen LogP contribution in [0.1, 0.15) is 39.5 Å². The fourth-order valence-electron chi connectivity index (χ4n) is 1.44. The number of rotatable bonds is 6. The van der Waals surface area contributed by atoms with Crippen molar-refractivity contribution in [1.82, 2.24) is 4.57 Å². The summed E-state index contributed by atoms with van der Waals surface area (Å²) in [6, 6.07) is 0. The van der Waals surface area contributed by atoms with Gasteiger partial charge in [-0.25, -0.2) is 9.13 Å². The molecule has 0 spiro atoms. The Morgan fingerprint density at radius 2 is 1.93 bits per heavy atom. The van der Waals surface area contributed by atoms with Crippen molar-refractivity contribution in [2.75, 3.05) is 0 Å². The lowest BCUT2D eigenvalue weighted by atomic mass is 10.3. The van der Waals surface area contributed by atoms with Gasteiger partial charge in [0.15, 0.2) is 0 Å². The first-order valence-electron chi connectivity index (χ1n) is 5.53. The van der Waals surface area contributed by atoms with Gasteiger partial charge in [0.25, 0.3) is 0 Å². The van der Waals surface area contributed by atoms with E-state index in [4.69, 9.17) is 11.6 Å².